The summed E-state index contributed by atoms with van der Waals surface area (Å²) in [6.07, 6.45) is 0. The smallest absolute Gasteiger partial charge is 0.335 e. The summed E-state index contributed by atoms with van der Waals surface area (Å²) < 4.78 is 19.2. The third-order valence-electron chi connectivity index (χ3n) is 2.53. The first-order chi connectivity index (χ1) is 9.45. The first kappa shape index (κ1) is 14.8. The standard InChI is InChI=1S/C14H9BrClFO3/c15-10-4-11(17)6-12(5-10)20-7-9-2-1-8(14(18)19)3-13(9)16/h1-6H,7H2,(H,18,19). The molecule has 2 aromatic rings. The van der Waals surface area contributed by atoms with Gasteiger partial charge in [0.15, 0.2) is 0 Å². The molecule has 0 aromatic heterocycles. The minimum Gasteiger partial charge on any atom is -0.489 e. The molecule has 0 aliphatic heterocycles. The third-order valence-corrected chi connectivity index (χ3v) is 3.34. The molecule has 3 nitrogen and oxygen atoms in total. The van der Waals surface area contributed by atoms with Gasteiger partial charge >= 0.3 is 5.97 Å². The Kier molecular flexibility index (Phi) is 4.62. The zero-order valence-corrected chi connectivity index (χ0v) is 12.4. The second-order valence-corrected chi connectivity index (χ2v) is 5.33. The van der Waals surface area contributed by atoms with Gasteiger partial charge in [0, 0.05) is 21.1 Å². The Morgan fingerprint density at radius 3 is 2.65 bits per heavy atom. The van der Waals surface area contributed by atoms with Gasteiger partial charge in [-0.3, -0.25) is 0 Å². The van der Waals surface area contributed by atoms with Crippen molar-refractivity contribution in [3.8, 4) is 5.75 Å². The minimum atomic E-state index is -1.05. The van der Waals surface area contributed by atoms with E-state index in [0.717, 1.165) is 0 Å². The highest BCUT2D eigenvalue weighted by Crippen LogP contribution is 2.24. The summed E-state index contributed by atoms with van der Waals surface area (Å²) in [5.74, 6) is -1.11. The number of ether oxygens (including phenoxy) is 1. The lowest BCUT2D eigenvalue weighted by molar-refractivity contribution is 0.0697. The molecule has 0 atom stereocenters. The number of hydrogen-bond donors (Lipinski definition) is 1. The Bertz CT molecular complexity index is 641. The number of hydrogen-bond acceptors (Lipinski definition) is 2. The zero-order valence-electron chi connectivity index (χ0n) is 10.1. The monoisotopic (exact) mass is 358 g/mol. The van der Waals surface area contributed by atoms with Crippen LogP contribution in [0.25, 0.3) is 0 Å². The lowest BCUT2D eigenvalue weighted by atomic mass is 10.1. The van der Waals surface area contributed by atoms with Crippen LogP contribution in [-0.4, -0.2) is 11.1 Å². The predicted octanol–water partition coefficient (Wildman–Crippen LogP) is 4.52. The zero-order chi connectivity index (χ0) is 14.7. The van der Waals surface area contributed by atoms with Crippen LogP contribution < -0.4 is 4.74 Å². The van der Waals surface area contributed by atoms with Crippen molar-refractivity contribution in [2.75, 3.05) is 0 Å². The number of rotatable bonds is 4. The molecule has 0 saturated carbocycles. The first-order valence-electron chi connectivity index (χ1n) is 5.56. The molecule has 20 heavy (non-hydrogen) atoms. The van der Waals surface area contributed by atoms with Crippen LogP contribution in [0.5, 0.6) is 5.75 Å². The van der Waals surface area contributed by atoms with Gasteiger partial charge in [0.25, 0.3) is 0 Å². The lowest BCUT2D eigenvalue weighted by Gasteiger charge is -2.09. The van der Waals surface area contributed by atoms with E-state index in [9.17, 15) is 9.18 Å². The summed E-state index contributed by atoms with van der Waals surface area (Å²) in [5.41, 5.74) is 0.726. The van der Waals surface area contributed by atoms with Gasteiger partial charge in [-0.05, 0) is 24.3 Å². The molecule has 1 N–H and O–H groups in total. The fourth-order valence-electron chi connectivity index (χ4n) is 1.57. The van der Waals surface area contributed by atoms with Crippen LogP contribution in [0.4, 0.5) is 4.39 Å². The van der Waals surface area contributed by atoms with Gasteiger partial charge in [-0.1, -0.05) is 33.6 Å². The summed E-state index contributed by atoms with van der Waals surface area (Å²) >= 11 is 9.14. The van der Waals surface area contributed by atoms with E-state index in [1.54, 1.807) is 12.1 Å². The van der Waals surface area contributed by atoms with E-state index in [2.05, 4.69) is 15.9 Å². The second kappa shape index (κ2) is 6.24. The van der Waals surface area contributed by atoms with Gasteiger partial charge in [0.2, 0.25) is 0 Å². The number of carboxylic acids is 1. The Hall–Kier alpha value is -1.59. The van der Waals surface area contributed by atoms with Crippen molar-refractivity contribution in [2.24, 2.45) is 0 Å². The number of aromatic carboxylic acids is 1. The van der Waals surface area contributed by atoms with Crippen LogP contribution >= 0.6 is 27.5 Å². The van der Waals surface area contributed by atoms with Crippen molar-refractivity contribution in [2.45, 2.75) is 6.61 Å². The molecule has 0 spiro atoms. The first-order valence-corrected chi connectivity index (χ1v) is 6.73. The maximum Gasteiger partial charge on any atom is 0.335 e. The minimum absolute atomic E-state index is 0.104. The normalized spacial score (nSPS) is 10.3. The largest absolute Gasteiger partial charge is 0.489 e. The molecule has 6 heteroatoms. The Labute approximate surface area is 128 Å². The quantitative estimate of drug-likeness (QED) is 0.873. The van der Waals surface area contributed by atoms with Crippen molar-refractivity contribution >= 4 is 33.5 Å². The van der Waals surface area contributed by atoms with Crippen LogP contribution in [0, 0.1) is 5.82 Å². The van der Waals surface area contributed by atoms with Crippen LogP contribution in [0.3, 0.4) is 0 Å². The molecular formula is C14H9BrClFO3. The third kappa shape index (κ3) is 3.71. The van der Waals surface area contributed by atoms with Gasteiger partial charge in [0.05, 0.1) is 5.56 Å². The molecule has 0 bridgehead atoms. The van der Waals surface area contributed by atoms with E-state index in [4.69, 9.17) is 21.4 Å². The maximum absolute atomic E-state index is 13.2. The molecule has 2 aromatic carbocycles. The van der Waals surface area contributed by atoms with Gasteiger partial charge in [-0.25, -0.2) is 9.18 Å². The van der Waals surface area contributed by atoms with E-state index in [1.807, 2.05) is 0 Å². The molecule has 0 heterocycles. The topological polar surface area (TPSA) is 46.5 Å². The van der Waals surface area contributed by atoms with Crippen LogP contribution in [0.1, 0.15) is 15.9 Å². The predicted molar refractivity (Wildman–Crippen MR) is 76.8 cm³/mol. The Morgan fingerprint density at radius 1 is 1.30 bits per heavy atom. The van der Waals surface area contributed by atoms with Gasteiger partial charge in [0.1, 0.15) is 18.2 Å². The highest BCUT2D eigenvalue weighted by molar-refractivity contribution is 9.10. The lowest BCUT2D eigenvalue weighted by Crippen LogP contribution is -2.00. The maximum atomic E-state index is 13.2. The fourth-order valence-corrected chi connectivity index (χ4v) is 2.25. The SMILES string of the molecule is O=C(O)c1ccc(COc2cc(F)cc(Br)c2)c(Cl)c1. The van der Waals surface area contributed by atoms with E-state index in [-0.39, 0.29) is 12.2 Å². The van der Waals surface area contributed by atoms with Crippen molar-refractivity contribution < 1.29 is 19.0 Å². The number of benzene rings is 2. The van der Waals surface area contributed by atoms with Gasteiger partial charge in [-0.15, -0.1) is 0 Å². The van der Waals surface area contributed by atoms with E-state index >= 15 is 0 Å². The summed E-state index contributed by atoms with van der Waals surface area (Å²) in [6, 6.07) is 8.56. The fraction of sp³-hybridized carbons (Fsp3) is 0.0714. The van der Waals surface area contributed by atoms with Gasteiger partial charge in [-0.2, -0.15) is 0 Å². The molecule has 2 rings (SSSR count). The summed E-state index contributed by atoms with van der Waals surface area (Å²) in [5, 5.41) is 9.12. The molecule has 104 valence electrons. The van der Waals surface area contributed by atoms with Crippen LogP contribution in [0.2, 0.25) is 5.02 Å². The molecule has 0 aliphatic rings. The second-order valence-electron chi connectivity index (χ2n) is 4.01. The molecule has 0 aliphatic carbocycles. The number of halogens is 3. The average Bonchev–Trinajstić information content (AvgIpc) is 2.36. The van der Waals surface area contributed by atoms with E-state index in [1.165, 1.54) is 24.3 Å². The average molecular weight is 360 g/mol. The van der Waals surface area contributed by atoms with Crippen LogP contribution in [0.15, 0.2) is 40.9 Å². The van der Waals surface area contributed by atoms with Crippen molar-refractivity contribution in [1.29, 1.82) is 0 Å². The summed E-state index contributed by atoms with van der Waals surface area (Å²) in [6.45, 7) is 0.120. The molecule has 0 unspecified atom stereocenters. The highest BCUT2D eigenvalue weighted by atomic mass is 79.9. The van der Waals surface area contributed by atoms with Crippen molar-refractivity contribution in [1.82, 2.24) is 0 Å². The Balaban J connectivity index is 2.12. The summed E-state index contributed by atoms with van der Waals surface area (Å²) in [7, 11) is 0. The van der Waals surface area contributed by atoms with Crippen molar-refractivity contribution in [3.63, 3.8) is 0 Å². The van der Waals surface area contributed by atoms with E-state index < -0.39 is 11.8 Å². The summed E-state index contributed by atoms with van der Waals surface area (Å²) in [4.78, 5) is 10.8. The van der Waals surface area contributed by atoms with Gasteiger partial charge < -0.3 is 9.84 Å². The molecule has 0 fully saturated rings. The molecule has 0 saturated heterocycles. The number of carbonyl (C=O) groups is 1. The van der Waals surface area contributed by atoms with E-state index in [0.29, 0.717) is 20.8 Å². The van der Waals surface area contributed by atoms with Crippen LogP contribution in [-0.2, 0) is 6.61 Å². The highest BCUT2D eigenvalue weighted by Gasteiger charge is 2.08. The molecule has 0 amide bonds. The van der Waals surface area contributed by atoms with Crippen molar-refractivity contribution in [3.05, 3.63) is 62.8 Å². The Morgan fingerprint density at radius 2 is 2.05 bits per heavy atom. The molecule has 0 radical (unpaired) electrons. The number of carboxylic acid groups (broad SMARTS) is 1. The molecular weight excluding hydrogens is 351 g/mol.